The standard InChI is InChI=1S/C14H18N4O6/c1-14(2)9-7(6-17(14)12(20)21)10(18(16-9)13(22)23)15-11(19)8-4-3-5-24-8/h8H,3-6H2,1-2H3,(H,15,19)(H,20,21)(H,22,23). The number of anilines is 1. The fourth-order valence-electron chi connectivity index (χ4n) is 3.13. The molecule has 0 bridgehead atoms. The minimum absolute atomic E-state index is 0.0187. The molecular formula is C14H18N4O6. The highest BCUT2D eigenvalue weighted by atomic mass is 16.5. The van der Waals surface area contributed by atoms with Gasteiger partial charge in [0.05, 0.1) is 17.8 Å². The van der Waals surface area contributed by atoms with Gasteiger partial charge in [-0.15, -0.1) is 4.68 Å². The van der Waals surface area contributed by atoms with Gasteiger partial charge in [-0.1, -0.05) is 0 Å². The molecule has 0 saturated carbocycles. The van der Waals surface area contributed by atoms with E-state index in [0.29, 0.717) is 29.0 Å². The first-order valence-corrected chi connectivity index (χ1v) is 7.52. The number of hydrogen-bond acceptors (Lipinski definition) is 5. The number of ether oxygens (including phenoxy) is 1. The second kappa shape index (κ2) is 5.48. The molecule has 1 unspecified atom stereocenters. The summed E-state index contributed by atoms with van der Waals surface area (Å²) >= 11 is 0. The number of amides is 2. The molecule has 3 N–H and O–H groups in total. The van der Waals surface area contributed by atoms with E-state index in [9.17, 15) is 24.6 Å². The molecule has 0 spiro atoms. The van der Waals surface area contributed by atoms with Gasteiger partial charge < -0.3 is 20.3 Å². The third-order valence-corrected chi connectivity index (χ3v) is 4.43. The minimum atomic E-state index is -1.36. The summed E-state index contributed by atoms with van der Waals surface area (Å²) in [5, 5.41) is 25.2. The molecule has 1 aromatic heterocycles. The zero-order chi connectivity index (χ0) is 17.6. The quantitative estimate of drug-likeness (QED) is 0.739. The SMILES string of the molecule is CC1(C)c2nn(C(=O)O)c(NC(=O)C3CCCO3)c2CN1C(=O)O. The van der Waals surface area contributed by atoms with Gasteiger partial charge in [-0.05, 0) is 26.7 Å². The van der Waals surface area contributed by atoms with Crippen molar-refractivity contribution in [2.24, 2.45) is 0 Å². The highest BCUT2D eigenvalue weighted by molar-refractivity contribution is 5.96. The number of nitrogens with zero attached hydrogens (tertiary/aromatic N) is 3. The molecule has 1 saturated heterocycles. The predicted molar refractivity (Wildman–Crippen MR) is 79.8 cm³/mol. The summed E-state index contributed by atoms with van der Waals surface area (Å²) in [7, 11) is 0. The lowest BCUT2D eigenvalue weighted by Gasteiger charge is -2.28. The third-order valence-electron chi connectivity index (χ3n) is 4.43. The number of rotatable bonds is 2. The second-order valence-electron chi connectivity index (χ2n) is 6.29. The summed E-state index contributed by atoms with van der Waals surface area (Å²) in [6, 6.07) is 0. The van der Waals surface area contributed by atoms with Crippen LogP contribution in [0.2, 0.25) is 0 Å². The number of carboxylic acid groups (broad SMARTS) is 2. The molecule has 130 valence electrons. The molecule has 10 heteroatoms. The van der Waals surface area contributed by atoms with E-state index in [4.69, 9.17) is 4.74 Å². The number of carbonyl (C=O) groups is 3. The van der Waals surface area contributed by atoms with Gasteiger partial charge in [0.2, 0.25) is 0 Å². The molecular weight excluding hydrogens is 320 g/mol. The smallest absolute Gasteiger partial charge is 0.434 e. The molecule has 2 amide bonds. The van der Waals surface area contributed by atoms with Crippen LogP contribution in [0.25, 0.3) is 0 Å². The Morgan fingerprint density at radius 3 is 2.54 bits per heavy atom. The first kappa shape index (κ1) is 16.2. The zero-order valence-corrected chi connectivity index (χ0v) is 13.3. The van der Waals surface area contributed by atoms with Gasteiger partial charge in [-0.25, -0.2) is 9.59 Å². The lowest BCUT2D eigenvalue weighted by molar-refractivity contribution is -0.124. The van der Waals surface area contributed by atoms with Gasteiger partial charge in [-0.2, -0.15) is 5.10 Å². The highest BCUT2D eigenvalue weighted by Gasteiger charge is 2.46. The van der Waals surface area contributed by atoms with Crippen LogP contribution in [-0.4, -0.2) is 55.7 Å². The number of hydrogen-bond donors (Lipinski definition) is 3. The fourth-order valence-corrected chi connectivity index (χ4v) is 3.13. The molecule has 1 fully saturated rings. The first-order valence-electron chi connectivity index (χ1n) is 7.52. The summed E-state index contributed by atoms with van der Waals surface area (Å²) in [4.78, 5) is 36.3. The van der Waals surface area contributed by atoms with Crippen LogP contribution >= 0.6 is 0 Å². The Hall–Kier alpha value is -2.62. The topological polar surface area (TPSA) is 134 Å². The Balaban J connectivity index is 1.99. The summed E-state index contributed by atoms with van der Waals surface area (Å²) < 4.78 is 5.97. The molecule has 0 aliphatic carbocycles. The van der Waals surface area contributed by atoms with Crippen molar-refractivity contribution in [1.29, 1.82) is 0 Å². The summed E-state index contributed by atoms with van der Waals surface area (Å²) in [6.45, 7) is 3.70. The number of carbonyl (C=O) groups excluding carboxylic acids is 1. The van der Waals surface area contributed by atoms with E-state index in [-0.39, 0.29) is 12.4 Å². The van der Waals surface area contributed by atoms with E-state index in [1.807, 2.05) is 0 Å². The average molecular weight is 338 g/mol. The maximum atomic E-state index is 12.3. The summed E-state index contributed by atoms with van der Waals surface area (Å²) in [5.41, 5.74) is -0.295. The Morgan fingerprint density at radius 2 is 2.00 bits per heavy atom. The van der Waals surface area contributed by atoms with Crippen molar-refractivity contribution in [3.8, 4) is 0 Å². The van der Waals surface area contributed by atoms with E-state index in [2.05, 4.69) is 10.4 Å². The predicted octanol–water partition coefficient (Wildman–Crippen LogP) is 1.26. The fraction of sp³-hybridized carbons (Fsp3) is 0.571. The van der Waals surface area contributed by atoms with Gasteiger partial charge in [-0.3, -0.25) is 9.69 Å². The molecule has 0 aromatic carbocycles. The first-order chi connectivity index (χ1) is 11.2. The average Bonchev–Trinajstić information content (AvgIpc) is 3.16. The lowest BCUT2D eigenvalue weighted by Crippen LogP contribution is -2.40. The van der Waals surface area contributed by atoms with Crippen LogP contribution in [0, 0.1) is 0 Å². The van der Waals surface area contributed by atoms with Gasteiger partial charge in [0.25, 0.3) is 5.91 Å². The van der Waals surface area contributed by atoms with Crippen molar-refractivity contribution in [3.63, 3.8) is 0 Å². The third kappa shape index (κ3) is 2.39. The number of fused-ring (bicyclic) bond motifs is 1. The molecule has 24 heavy (non-hydrogen) atoms. The Kier molecular flexibility index (Phi) is 3.71. The molecule has 1 atom stereocenters. The number of aromatic nitrogens is 2. The monoisotopic (exact) mass is 338 g/mol. The van der Waals surface area contributed by atoms with E-state index in [1.165, 1.54) is 0 Å². The van der Waals surface area contributed by atoms with Gasteiger partial charge in [0, 0.05) is 12.2 Å². The lowest BCUT2D eigenvalue weighted by atomic mass is 10.0. The van der Waals surface area contributed by atoms with Gasteiger partial charge in [0.15, 0.2) is 0 Å². The van der Waals surface area contributed by atoms with Crippen LogP contribution in [-0.2, 0) is 21.6 Å². The van der Waals surface area contributed by atoms with Crippen LogP contribution in [0.5, 0.6) is 0 Å². The Bertz CT molecular complexity index is 719. The summed E-state index contributed by atoms with van der Waals surface area (Å²) in [6.07, 6.45) is -1.82. The summed E-state index contributed by atoms with van der Waals surface area (Å²) in [5.74, 6) is -0.473. The van der Waals surface area contributed by atoms with Crippen molar-refractivity contribution < 1.29 is 29.3 Å². The Labute approximate surface area is 137 Å². The van der Waals surface area contributed by atoms with Crippen molar-refractivity contribution in [1.82, 2.24) is 14.7 Å². The van der Waals surface area contributed by atoms with Gasteiger partial charge >= 0.3 is 12.2 Å². The molecule has 2 aliphatic rings. The van der Waals surface area contributed by atoms with E-state index >= 15 is 0 Å². The maximum absolute atomic E-state index is 12.3. The van der Waals surface area contributed by atoms with Gasteiger partial charge in [0.1, 0.15) is 11.9 Å². The molecule has 3 rings (SSSR count). The van der Waals surface area contributed by atoms with E-state index < -0.39 is 29.7 Å². The zero-order valence-electron chi connectivity index (χ0n) is 13.3. The van der Waals surface area contributed by atoms with Crippen molar-refractivity contribution in [2.45, 2.75) is 44.9 Å². The van der Waals surface area contributed by atoms with Crippen LogP contribution in [0.15, 0.2) is 0 Å². The van der Waals surface area contributed by atoms with E-state index in [0.717, 1.165) is 11.3 Å². The normalized spacial score (nSPS) is 21.6. The molecule has 0 radical (unpaired) electrons. The molecule has 3 heterocycles. The Morgan fingerprint density at radius 1 is 1.29 bits per heavy atom. The van der Waals surface area contributed by atoms with E-state index in [1.54, 1.807) is 13.8 Å². The number of nitrogens with one attached hydrogen (secondary N) is 1. The van der Waals surface area contributed by atoms with Crippen molar-refractivity contribution in [3.05, 3.63) is 11.3 Å². The van der Waals surface area contributed by atoms with Crippen LogP contribution in [0.4, 0.5) is 15.4 Å². The highest BCUT2D eigenvalue weighted by Crippen LogP contribution is 2.41. The second-order valence-corrected chi connectivity index (χ2v) is 6.29. The van der Waals surface area contributed by atoms with Crippen LogP contribution in [0.3, 0.4) is 0 Å². The van der Waals surface area contributed by atoms with Crippen LogP contribution in [0.1, 0.15) is 37.9 Å². The molecule has 10 nitrogen and oxygen atoms in total. The van der Waals surface area contributed by atoms with Crippen molar-refractivity contribution >= 4 is 23.9 Å². The molecule has 1 aromatic rings. The van der Waals surface area contributed by atoms with Crippen molar-refractivity contribution in [2.75, 3.05) is 11.9 Å². The van der Waals surface area contributed by atoms with Crippen LogP contribution < -0.4 is 5.32 Å². The molecule has 2 aliphatic heterocycles. The maximum Gasteiger partial charge on any atom is 0.434 e. The minimum Gasteiger partial charge on any atom is -0.465 e. The largest absolute Gasteiger partial charge is 0.465 e.